The van der Waals surface area contributed by atoms with Crippen LogP contribution in [0, 0.1) is 5.82 Å². The van der Waals surface area contributed by atoms with E-state index in [1.165, 1.54) is 29.7 Å². The molecule has 274 valence electrons. The molecule has 0 spiro atoms. The fraction of sp³-hybridized carbons (Fsp3) is 0.268. The predicted molar refractivity (Wildman–Crippen MR) is 206 cm³/mol. The van der Waals surface area contributed by atoms with Gasteiger partial charge in [-0.15, -0.1) is 0 Å². The summed E-state index contributed by atoms with van der Waals surface area (Å²) in [5.74, 6) is -1.36. The Balaban J connectivity index is 1.35. The standard InChI is InChI=1S/C41H40BFN6O5/c1-41(2,3)28-19-27-23-45-49(40(52)37(27)32(43)20-28)35-12-8-11-29(31(35)24-54-42)34-21-30(39(51)47(4)46-34)36(25-9-6-5-7-10-25)33-14-13-26(22-44-33)38(50)48-15-17-53-18-16-48/h5-14,19-23,36H,15-18,24,42H2,1-4H3. The number of hydrogen-bond donors (Lipinski definition) is 0. The van der Waals surface area contributed by atoms with Crippen LogP contribution >= 0.6 is 0 Å². The largest absolute Gasteiger partial charge is 0.440 e. The van der Waals surface area contributed by atoms with Crippen molar-refractivity contribution in [2.45, 2.75) is 38.7 Å². The number of hydrogen-bond acceptors (Lipinski definition) is 8. The van der Waals surface area contributed by atoms with Crippen molar-refractivity contribution in [3.63, 3.8) is 0 Å². The molecule has 1 aliphatic heterocycles. The van der Waals surface area contributed by atoms with Crippen LogP contribution in [0.5, 0.6) is 0 Å². The van der Waals surface area contributed by atoms with E-state index in [0.29, 0.717) is 71.0 Å². The van der Waals surface area contributed by atoms with Crippen LogP contribution in [0.3, 0.4) is 0 Å². The molecule has 54 heavy (non-hydrogen) atoms. The van der Waals surface area contributed by atoms with E-state index < -0.39 is 17.3 Å². The Hall–Kier alpha value is -5.79. The summed E-state index contributed by atoms with van der Waals surface area (Å²) < 4.78 is 29.1. The van der Waals surface area contributed by atoms with Crippen LogP contribution < -0.4 is 11.1 Å². The van der Waals surface area contributed by atoms with Crippen molar-refractivity contribution >= 4 is 24.7 Å². The van der Waals surface area contributed by atoms with Crippen LogP contribution in [0.4, 0.5) is 4.39 Å². The van der Waals surface area contributed by atoms with Gasteiger partial charge in [0.2, 0.25) is 0 Å². The van der Waals surface area contributed by atoms with Crippen molar-refractivity contribution in [1.29, 1.82) is 0 Å². The number of fused-ring (bicyclic) bond motifs is 1. The Morgan fingerprint density at radius 3 is 2.41 bits per heavy atom. The Bertz CT molecular complexity index is 2470. The number of rotatable bonds is 8. The Kier molecular flexibility index (Phi) is 10.1. The summed E-state index contributed by atoms with van der Waals surface area (Å²) in [4.78, 5) is 47.6. The number of amides is 1. The number of morpholine rings is 1. The molecule has 1 unspecified atom stereocenters. The SMILES string of the molecule is BOCc1c(-c2cc(C(c3ccccc3)c3ccc(C(=O)N4CCOCC4)cn3)c(=O)n(C)n2)cccc1-n1ncc2cc(C(C)(C)C)cc(F)c2c1=O. The number of benzene rings is 3. The molecule has 1 atom stereocenters. The maximum Gasteiger partial charge on any atom is 0.282 e. The zero-order valence-corrected chi connectivity index (χ0v) is 30.9. The molecule has 0 radical (unpaired) electrons. The first-order valence-electron chi connectivity index (χ1n) is 17.8. The van der Waals surface area contributed by atoms with E-state index in [-0.39, 0.29) is 28.9 Å². The summed E-state index contributed by atoms with van der Waals surface area (Å²) in [5, 5.41) is 9.50. The molecule has 13 heteroatoms. The zero-order valence-electron chi connectivity index (χ0n) is 30.9. The van der Waals surface area contributed by atoms with E-state index in [4.69, 9.17) is 14.4 Å². The monoisotopic (exact) mass is 726 g/mol. The highest BCUT2D eigenvalue weighted by atomic mass is 19.1. The lowest BCUT2D eigenvalue weighted by molar-refractivity contribution is 0.0302. The van der Waals surface area contributed by atoms with E-state index in [1.54, 1.807) is 54.5 Å². The van der Waals surface area contributed by atoms with Crippen LogP contribution in [-0.4, -0.2) is 69.7 Å². The summed E-state index contributed by atoms with van der Waals surface area (Å²) in [6.07, 6.45) is 3.05. The van der Waals surface area contributed by atoms with Gasteiger partial charge >= 0.3 is 0 Å². The number of halogens is 1. The van der Waals surface area contributed by atoms with E-state index in [1.807, 2.05) is 57.2 Å². The van der Waals surface area contributed by atoms with Gasteiger partial charge in [0, 0.05) is 48.4 Å². The normalized spacial score (nSPS) is 14.0. The van der Waals surface area contributed by atoms with Crippen LogP contribution in [0.2, 0.25) is 0 Å². The fourth-order valence-electron chi connectivity index (χ4n) is 6.92. The number of aromatic nitrogens is 5. The highest BCUT2D eigenvalue weighted by Crippen LogP contribution is 2.33. The Morgan fingerprint density at radius 1 is 0.963 bits per heavy atom. The number of nitrogens with zero attached hydrogens (tertiary/aromatic N) is 6. The number of pyridine rings is 1. The second kappa shape index (κ2) is 14.9. The lowest BCUT2D eigenvalue weighted by Gasteiger charge is -2.27. The van der Waals surface area contributed by atoms with Gasteiger partial charge in [-0.25, -0.2) is 9.07 Å². The van der Waals surface area contributed by atoms with E-state index in [9.17, 15) is 14.4 Å². The molecule has 3 aromatic heterocycles. The molecule has 6 aromatic rings. The maximum atomic E-state index is 15.6. The molecule has 0 bridgehead atoms. The van der Waals surface area contributed by atoms with Gasteiger partial charge in [0.15, 0.2) is 0 Å². The molecular formula is C41H40BFN6O5. The van der Waals surface area contributed by atoms with Gasteiger partial charge in [0.25, 0.3) is 25.1 Å². The molecule has 0 N–H and O–H groups in total. The summed E-state index contributed by atoms with van der Waals surface area (Å²) in [7, 11) is 3.12. The predicted octanol–water partition coefficient (Wildman–Crippen LogP) is 4.70. The minimum atomic E-state index is -0.619. The van der Waals surface area contributed by atoms with Crippen LogP contribution in [0.1, 0.15) is 65.0 Å². The van der Waals surface area contributed by atoms with E-state index in [0.717, 1.165) is 11.1 Å². The van der Waals surface area contributed by atoms with Gasteiger partial charge in [-0.3, -0.25) is 19.4 Å². The fourth-order valence-corrected chi connectivity index (χ4v) is 6.92. The summed E-state index contributed by atoms with van der Waals surface area (Å²) >= 11 is 0. The van der Waals surface area contributed by atoms with Crippen molar-refractivity contribution in [3.8, 4) is 16.9 Å². The number of ether oxygens (including phenoxy) is 1. The van der Waals surface area contributed by atoms with Crippen molar-refractivity contribution < 1.29 is 18.6 Å². The minimum absolute atomic E-state index is 0.0608. The summed E-state index contributed by atoms with van der Waals surface area (Å²) in [6, 6.07) is 23.3. The van der Waals surface area contributed by atoms with Crippen molar-refractivity contribution in [1.82, 2.24) is 29.4 Å². The molecule has 1 saturated heterocycles. The zero-order chi connectivity index (χ0) is 38.1. The number of carbonyl (C=O) groups is 1. The van der Waals surface area contributed by atoms with Gasteiger partial charge < -0.3 is 14.3 Å². The Labute approximate surface area is 312 Å². The van der Waals surface area contributed by atoms with Crippen LogP contribution in [0.25, 0.3) is 27.7 Å². The van der Waals surface area contributed by atoms with Crippen molar-refractivity contribution in [3.05, 3.63) is 151 Å². The Morgan fingerprint density at radius 2 is 1.72 bits per heavy atom. The van der Waals surface area contributed by atoms with Gasteiger partial charge in [-0.05, 0) is 52.9 Å². The van der Waals surface area contributed by atoms with Crippen LogP contribution in [-0.2, 0) is 28.5 Å². The lowest BCUT2D eigenvalue weighted by atomic mass is 9.86. The van der Waals surface area contributed by atoms with Gasteiger partial charge in [-0.2, -0.15) is 14.9 Å². The third kappa shape index (κ3) is 7.00. The van der Waals surface area contributed by atoms with Crippen LogP contribution in [0.15, 0.2) is 101 Å². The molecule has 4 heterocycles. The quantitative estimate of drug-likeness (QED) is 0.207. The van der Waals surface area contributed by atoms with E-state index in [2.05, 4.69) is 10.2 Å². The maximum absolute atomic E-state index is 15.6. The smallest absolute Gasteiger partial charge is 0.282 e. The first-order chi connectivity index (χ1) is 26.0. The highest BCUT2D eigenvalue weighted by Gasteiger charge is 2.27. The molecule has 1 amide bonds. The molecule has 1 fully saturated rings. The molecule has 7 rings (SSSR count). The molecular weight excluding hydrogens is 686 g/mol. The number of aryl methyl sites for hydroxylation is 1. The highest BCUT2D eigenvalue weighted by molar-refractivity contribution is 5.98. The van der Waals surface area contributed by atoms with Gasteiger partial charge in [0.05, 0.1) is 60.0 Å². The summed E-state index contributed by atoms with van der Waals surface area (Å²) in [5.41, 5.74) is 3.72. The van der Waals surface area contributed by atoms with Gasteiger partial charge in [0.1, 0.15) is 5.82 Å². The topological polar surface area (TPSA) is 121 Å². The molecule has 0 saturated carbocycles. The molecule has 3 aromatic carbocycles. The number of carbonyl (C=O) groups excluding carboxylic acids is 1. The van der Waals surface area contributed by atoms with E-state index >= 15 is 4.39 Å². The lowest BCUT2D eigenvalue weighted by Crippen LogP contribution is -2.40. The van der Waals surface area contributed by atoms with Gasteiger partial charge in [-0.1, -0.05) is 63.2 Å². The molecule has 1 aliphatic rings. The molecule has 0 aliphatic carbocycles. The first kappa shape index (κ1) is 36.6. The first-order valence-corrected chi connectivity index (χ1v) is 17.8. The second-order valence-corrected chi connectivity index (χ2v) is 14.4. The average Bonchev–Trinajstić information content (AvgIpc) is 3.17. The minimum Gasteiger partial charge on any atom is -0.440 e. The van der Waals surface area contributed by atoms with Crippen molar-refractivity contribution in [2.75, 3.05) is 26.3 Å². The third-order valence-corrected chi connectivity index (χ3v) is 9.81. The average molecular weight is 727 g/mol. The summed E-state index contributed by atoms with van der Waals surface area (Å²) in [6.45, 7) is 8.00. The molecule has 11 nitrogen and oxygen atoms in total. The van der Waals surface area contributed by atoms with Crippen molar-refractivity contribution in [2.24, 2.45) is 7.05 Å². The third-order valence-electron chi connectivity index (χ3n) is 9.81. The second-order valence-electron chi connectivity index (χ2n) is 14.4.